The summed E-state index contributed by atoms with van der Waals surface area (Å²) in [6.07, 6.45) is 7.02. The third-order valence-corrected chi connectivity index (χ3v) is 4.35. The predicted octanol–water partition coefficient (Wildman–Crippen LogP) is 1.73. The third kappa shape index (κ3) is 2.77. The molecule has 1 aromatic rings. The molecule has 20 heavy (non-hydrogen) atoms. The van der Waals surface area contributed by atoms with Crippen LogP contribution >= 0.6 is 0 Å². The SMILES string of the molecule is COC(=O)c1cncc(OCC2CC3CCN2CC3)c1. The highest BCUT2D eigenvalue weighted by Crippen LogP contribution is 2.32. The van der Waals surface area contributed by atoms with Crippen LogP contribution in [0.3, 0.4) is 0 Å². The molecule has 0 aromatic carbocycles. The van der Waals surface area contributed by atoms with Crippen molar-refractivity contribution in [2.45, 2.75) is 25.3 Å². The number of hydrogen-bond donors (Lipinski definition) is 0. The van der Waals surface area contributed by atoms with Gasteiger partial charge in [-0.2, -0.15) is 0 Å². The van der Waals surface area contributed by atoms with Gasteiger partial charge in [0.2, 0.25) is 0 Å². The Morgan fingerprint density at radius 1 is 1.40 bits per heavy atom. The number of aromatic nitrogens is 1. The van der Waals surface area contributed by atoms with Gasteiger partial charge in [0.25, 0.3) is 0 Å². The van der Waals surface area contributed by atoms with Gasteiger partial charge >= 0.3 is 5.97 Å². The maximum absolute atomic E-state index is 11.4. The number of nitrogens with zero attached hydrogens (tertiary/aromatic N) is 2. The Morgan fingerprint density at radius 2 is 2.20 bits per heavy atom. The quantitative estimate of drug-likeness (QED) is 0.784. The molecule has 3 saturated heterocycles. The van der Waals surface area contributed by atoms with E-state index >= 15 is 0 Å². The van der Waals surface area contributed by atoms with Gasteiger partial charge in [-0.3, -0.25) is 9.88 Å². The highest BCUT2D eigenvalue weighted by molar-refractivity contribution is 5.89. The van der Waals surface area contributed by atoms with Crippen molar-refractivity contribution in [3.05, 3.63) is 24.0 Å². The van der Waals surface area contributed by atoms with E-state index in [-0.39, 0.29) is 5.97 Å². The highest BCUT2D eigenvalue weighted by atomic mass is 16.5. The number of fused-ring (bicyclic) bond motifs is 3. The molecule has 0 aliphatic carbocycles. The zero-order valence-electron chi connectivity index (χ0n) is 11.7. The lowest BCUT2D eigenvalue weighted by Gasteiger charge is -2.45. The number of ether oxygens (including phenoxy) is 2. The first-order valence-corrected chi connectivity index (χ1v) is 7.16. The number of carbonyl (C=O) groups is 1. The summed E-state index contributed by atoms with van der Waals surface area (Å²) in [5, 5.41) is 0. The molecule has 3 fully saturated rings. The topological polar surface area (TPSA) is 51.7 Å². The van der Waals surface area contributed by atoms with Gasteiger partial charge in [-0.1, -0.05) is 0 Å². The minimum absolute atomic E-state index is 0.386. The van der Waals surface area contributed by atoms with Gasteiger partial charge < -0.3 is 9.47 Å². The molecule has 0 radical (unpaired) electrons. The summed E-state index contributed by atoms with van der Waals surface area (Å²) in [4.78, 5) is 18.0. The molecule has 4 rings (SSSR count). The highest BCUT2D eigenvalue weighted by Gasteiger charge is 2.33. The maximum Gasteiger partial charge on any atom is 0.339 e. The number of pyridine rings is 1. The average molecular weight is 276 g/mol. The lowest BCUT2D eigenvalue weighted by Crippen LogP contribution is -2.51. The molecule has 3 aliphatic heterocycles. The third-order valence-electron chi connectivity index (χ3n) is 4.35. The molecule has 0 N–H and O–H groups in total. The minimum atomic E-state index is -0.386. The van der Waals surface area contributed by atoms with Crippen LogP contribution in [-0.2, 0) is 4.74 Å². The van der Waals surface area contributed by atoms with Crippen LogP contribution in [-0.4, -0.2) is 48.7 Å². The Kier molecular flexibility index (Phi) is 3.87. The normalized spacial score (nSPS) is 28.1. The van der Waals surface area contributed by atoms with Gasteiger partial charge in [0.15, 0.2) is 0 Å². The van der Waals surface area contributed by atoms with Crippen molar-refractivity contribution >= 4 is 5.97 Å². The van der Waals surface area contributed by atoms with E-state index in [1.165, 1.54) is 45.7 Å². The molecule has 2 bridgehead atoms. The van der Waals surface area contributed by atoms with Crippen molar-refractivity contribution in [3.63, 3.8) is 0 Å². The van der Waals surface area contributed by atoms with E-state index in [0.717, 1.165) is 5.92 Å². The van der Waals surface area contributed by atoms with Crippen LogP contribution < -0.4 is 4.74 Å². The van der Waals surface area contributed by atoms with Crippen LogP contribution in [0.25, 0.3) is 0 Å². The van der Waals surface area contributed by atoms with Gasteiger partial charge in [0.1, 0.15) is 12.4 Å². The molecule has 0 amide bonds. The maximum atomic E-state index is 11.4. The first kappa shape index (κ1) is 13.4. The second-order valence-corrected chi connectivity index (χ2v) is 5.58. The Bertz CT molecular complexity index is 484. The van der Waals surface area contributed by atoms with Gasteiger partial charge in [-0.25, -0.2) is 4.79 Å². The molecular formula is C15H20N2O3. The van der Waals surface area contributed by atoms with Gasteiger partial charge in [-0.15, -0.1) is 0 Å². The molecule has 1 atom stereocenters. The summed E-state index contributed by atoms with van der Waals surface area (Å²) in [7, 11) is 1.36. The molecule has 3 aliphatic rings. The first-order valence-electron chi connectivity index (χ1n) is 7.16. The zero-order valence-corrected chi connectivity index (χ0v) is 11.7. The number of rotatable bonds is 4. The Balaban J connectivity index is 1.59. The number of methoxy groups -OCH3 is 1. The standard InChI is InChI=1S/C15H20N2O3/c1-19-15(18)12-7-14(9-16-8-12)20-10-13-6-11-2-4-17(13)5-3-11/h7-9,11,13H,2-6,10H2,1H3. The fourth-order valence-electron chi connectivity index (χ4n) is 3.18. The number of hydrogen-bond acceptors (Lipinski definition) is 5. The summed E-state index contributed by atoms with van der Waals surface area (Å²) in [5.41, 5.74) is 0.426. The monoisotopic (exact) mass is 276 g/mol. The summed E-state index contributed by atoms with van der Waals surface area (Å²) in [5.74, 6) is 1.12. The van der Waals surface area contributed by atoms with E-state index < -0.39 is 0 Å². The van der Waals surface area contributed by atoms with E-state index in [9.17, 15) is 4.79 Å². The van der Waals surface area contributed by atoms with Crippen molar-refractivity contribution in [1.82, 2.24) is 9.88 Å². The van der Waals surface area contributed by atoms with Crippen LogP contribution in [0.15, 0.2) is 18.5 Å². The molecule has 0 spiro atoms. The van der Waals surface area contributed by atoms with Crippen molar-refractivity contribution in [1.29, 1.82) is 0 Å². The Labute approximate surface area is 118 Å². The smallest absolute Gasteiger partial charge is 0.339 e. The molecule has 5 heteroatoms. The van der Waals surface area contributed by atoms with Crippen LogP contribution in [0, 0.1) is 5.92 Å². The Hall–Kier alpha value is -1.62. The summed E-state index contributed by atoms with van der Waals surface area (Å²) in [6.45, 7) is 3.06. The largest absolute Gasteiger partial charge is 0.490 e. The first-order chi connectivity index (χ1) is 9.76. The number of esters is 1. The lowest BCUT2D eigenvalue weighted by atomic mass is 9.83. The molecule has 1 aromatic heterocycles. The van der Waals surface area contributed by atoms with Crippen LogP contribution in [0.4, 0.5) is 0 Å². The van der Waals surface area contributed by atoms with E-state index in [1.807, 2.05) is 0 Å². The fourth-order valence-corrected chi connectivity index (χ4v) is 3.18. The Morgan fingerprint density at radius 3 is 2.85 bits per heavy atom. The van der Waals surface area contributed by atoms with Crippen molar-refractivity contribution in [2.24, 2.45) is 5.92 Å². The molecule has 1 unspecified atom stereocenters. The molecule has 4 heterocycles. The predicted molar refractivity (Wildman–Crippen MR) is 73.8 cm³/mol. The van der Waals surface area contributed by atoms with Crippen molar-refractivity contribution in [2.75, 3.05) is 26.8 Å². The van der Waals surface area contributed by atoms with Crippen LogP contribution in [0.1, 0.15) is 29.6 Å². The molecule has 108 valence electrons. The average Bonchev–Trinajstić information content (AvgIpc) is 2.53. The number of piperidine rings is 3. The summed E-state index contributed by atoms with van der Waals surface area (Å²) < 4.78 is 10.5. The zero-order chi connectivity index (χ0) is 13.9. The second kappa shape index (κ2) is 5.79. The lowest BCUT2D eigenvalue weighted by molar-refractivity contribution is 0.0237. The van der Waals surface area contributed by atoms with E-state index in [4.69, 9.17) is 4.74 Å². The fraction of sp³-hybridized carbons (Fsp3) is 0.600. The van der Waals surface area contributed by atoms with Crippen LogP contribution in [0.5, 0.6) is 5.75 Å². The van der Waals surface area contributed by atoms with E-state index in [2.05, 4.69) is 14.6 Å². The number of carbonyl (C=O) groups excluding carboxylic acids is 1. The van der Waals surface area contributed by atoms with Gasteiger partial charge in [0, 0.05) is 12.2 Å². The van der Waals surface area contributed by atoms with Crippen molar-refractivity contribution in [3.8, 4) is 5.75 Å². The van der Waals surface area contributed by atoms with Gasteiger partial charge in [0.05, 0.1) is 18.9 Å². The summed E-state index contributed by atoms with van der Waals surface area (Å²) in [6, 6.07) is 2.19. The second-order valence-electron chi connectivity index (χ2n) is 5.58. The van der Waals surface area contributed by atoms with Gasteiger partial charge in [-0.05, 0) is 44.3 Å². The van der Waals surface area contributed by atoms with E-state index in [1.54, 1.807) is 12.3 Å². The van der Waals surface area contributed by atoms with Crippen LogP contribution in [0.2, 0.25) is 0 Å². The summed E-state index contributed by atoms with van der Waals surface area (Å²) >= 11 is 0. The van der Waals surface area contributed by atoms with E-state index in [0.29, 0.717) is 24.0 Å². The molecular weight excluding hydrogens is 256 g/mol. The molecule has 5 nitrogen and oxygen atoms in total. The van der Waals surface area contributed by atoms with Crippen molar-refractivity contribution < 1.29 is 14.3 Å². The molecule has 0 saturated carbocycles. The minimum Gasteiger partial charge on any atom is -0.490 e.